The SMILES string of the molecule is C[C@]12C=CC(=O)C=C1CC[C@@H]1[C@@H]2[C@@H](O)C[C@@]2(C)[C@H]1C[C@H]1O[C@@H](c3ccn(Cc4cccc(NC(=O)[C@H](CCC(=O)O)NC(=O)CNC(=O)CBr)c4)c3)O[C@]12C(=O)COP(=O)(O)O. The number of carbonyl (C=O) groups excluding carboxylic acids is 5. The van der Waals surface area contributed by atoms with Crippen LogP contribution in [0.2, 0.25) is 0 Å². The molecule has 1 aromatic heterocycles. The molecule has 7 N–H and O–H groups in total. The van der Waals surface area contributed by atoms with Crippen molar-refractivity contribution in [3.63, 3.8) is 0 Å². The van der Waals surface area contributed by atoms with E-state index in [1.54, 1.807) is 48.8 Å². The molecule has 0 bridgehead atoms. The van der Waals surface area contributed by atoms with Crippen molar-refractivity contribution >= 4 is 64.7 Å². The van der Waals surface area contributed by atoms with Crippen LogP contribution in [0, 0.1) is 28.6 Å². The van der Waals surface area contributed by atoms with Gasteiger partial charge in [0.2, 0.25) is 17.7 Å². The molecule has 7 rings (SSSR count). The summed E-state index contributed by atoms with van der Waals surface area (Å²) in [6, 6.07) is 7.43. The molecule has 3 amide bonds. The molecule has 0 radical (unpaired) electrons. The number of carboxylic acids is 1. The van der Waals surface area contributed by atoms with Crippen molar-refractivity contribution in [2.24, 2.45) is 28.6 Å². The quantitative estimate of drug-likeness (QED) is 0.0943. The molecule has 2 heterocycles. The van der Waals surface area contributed by atoms with Gasteiger partial charge in [0.05, 0.1) is 24.1 Å². The van der Waals surface area contributed by atoms with Crippen LogP contribution in [0.4, 0.5) is 5.69 Å². The largest absolute Gasteiger partial charge is 0.481 e. The molecule has 0 unspecified atom stereocenters. The van der Waals surface area contributed by atoms with E-state index in [1.807, 2.05) is 30.6 Å². The van der Waals surface area contributed by atoms with Gasteiger partial charge in [0, 0.05) is 53.4 Å². The number of nitrogens with one attached hydrogen (secondary N) is 3. The molecule has 10 atom stereocenters. The minimum atomic E-state index is -5.05. The molecule has 5 aliphatic rings. The van der Waals surface area contributed by atoms with E-state index in [4.69, 9.17) is 14.0 Å². The lowest BCUT2D eigenvalue weighted by atomic mass is 9.46. The zero-order valence-corrected chi connectivity index (χ0v) is 36.5. The Labute approximate surface area is 365 Å². The second kappa shape index (κ2) is 17.7. The monoisotopic (exact) mass is 944 g/mol. The number of carboxylic acid groups (broad SMARTS) is 1. The molecular formula is C42H50BrN4O14P. The number of phosphoric acid groups is 1. The van der Waals surface area contributed by atoms with Crippen molar-refractivity contribution in [3.05, 3.63) is 77.7 Å². The standard InChI is InChI=1S/C42H50BrN4O14P/c1-40-12-10-27(48)15-25(40)6-7-28-29-16-33-42(32(50)22-59-62(56,57)58,41(29,2)17-31(49)37(28)40)61-39(60-33)24-11-13-47(21-24)20-23-4-3-5-26(14-23)45-38(55)30(8-9-36(53)54)46-35(52)19-44-34(51)18-43/h3-5,10-15,21,28-31,33,37,39,49H,6-9,16-20,22H2,1-2H3,(H,44,51)(H,45,55)(H,46,52)(H,53,54)(H2,56,57,58)/t28-,29-,30-,31-,33+,37+,39+,40-,41-,42+/m0/s1. The van der Waals surface area contributed by atoms with Gasteiger partial charge in [-0.1, -0.05) is 53.6 Å². The summed E-state index contributed by atoms with van der Waals surface area (Å²) >= 11 is 2.98. The van der Waals surface area contributed by atoms with Crippen molar-refractivity contribution < 1.29 is 67.3 Å². The first kappa shape index (κ1) is 45.7. The number of aromatic nitrogens is 1. The third-order valence-corrected chi connectivity index (χ3v) is 14.5. The highest BCUT2D eigenvalue weighted by Gasteiger charge is 2.76. The number of nitrogens with zero attached hydrogens (tertiary/aromatic N) is 1. The maximum absolute atomic E-state index is 14.4. The highest BCUT2D eigenvalue weighted by molar-refractivity contribution is 9.09. The molecule has 3 saturated carbocycles. The number of aliphatic hydroxyl groups is 1. The number of halogens is 1. The Kier molecular flexibility index (Phi) is 13.0. The van der Waals surface area contributed by atoms with Crippen molar-refractivity contribution in [1.82, 2.24) is 15.2 Å². The van der Waals surface area contributed by atoms with Crippen LogP contribution in [-0.2, 0) is 53.9 Å². The molecule has 1 aliphatic heterocycles. The Morgan fingerprint density at radius 3 is 2.63 bits per heavy atom. The minimum absolute atomic E-state index is 0.0238. The zero-order chi connectivity index (χ0) is 44.8. The van der Waals surface area contributed by atoms with Gasteiger partial charge in [0.15, 0.2) is 23.5 Å². The summed E-state index contributed by atoms with van der Waals surface area (Å²) < 4.78 is 31.7. The van der Waals surface area contributed by atoms with Crippen LogP contribution in [-0.4, -0.2) is 102 Å². The molecule has 20 heteroatoms. The highest BCUT2D eigenvalue weighted by Crippen LogP contribution is 2.70. The number of aliphatic hydroxyl groups excluding tert-OH is 1. The third kappa shape index (κ3) is 8.91. The summed E-state index contributed by atoms with van der Waals surface area (Å²) in [5.74, 6) is -4.21. The number of carbonyl (C=O) groups is 6. The van der Waals surface area contributed by atoms with Gasteiger partial charge in [0.25, 0.3) is 0 Å². The number of ether oxygens (including phenoxy) is 2. The maximum Gasteiger partial charge on any atom is 0.470 e. The first-order valence-electron chi connectivity index (χ1n) is 20.3. The van der Waals surface area contributed by atoms with Crippen molar-refractivity contribution in [1.29, 1.82) is 0 Å². The van der Waals surface area contributed by atoms with Gasteiger partial charge in [-0.3, -0.25) is 33.3 Å². The molecule has 0 spiro atoms. The van der Waals surface area contributed by atoms with E-state index < -0.39 is 97.8 Å². The molecule has 4 aliphatic carbocycles. The number of anilines is 1. The average Bonchev–Trinajstić information content (AvgIpc) is 3.90. The average molecular weight is 946 g/mol. The second-order valence-corrected chi connectivity index (χ2v) is 19.0. The summed E-state index contributed by atoms with van der Waals surface area (Å²) in [6.45, 7) is 2.89. The Morgan fingerprint density at radius 2 is 1.90 bits per heavy atom. The van der Waals surface area contributed by atoms with Crippen LogP contribution in [0.1, 0.15) is 69.8 Å². The maximum atomic E-state index is 14.4. The topological polar surface area (TPSA) is 269 Å². The number of benzene rings is 1. The Bertz CT molecular complexity index is 2260. The lowest BCUT2D eigenvalue weighted by Gasteiger charge is -2.59. The van der Waals surface area contributed by atoms with E-state index in [-0.39, 0.29) is 41.7 Å². The van der Waals surface area contributed by atoms with E-state index in [1.165, 1.54) is 0 Å². The molecule has 1 aromatic carbocycles. The van der Waals surface area contributed by atoms with Crippen molar-refractivity contribution in [3.8, 4) is 0 Å². The summed E-state index contributed by atoms with van der Waals surface area (Å²) in [6.07, 6.45) is 7.06. The van der Waals surface area contributed by atoms with Gasteiger partial charge < -0.3 is 50.0 Å². The van der Waals surface area contributed by atoms with Gasteiger partial charge in [0.1, 0.15) is 12.6 Å². The normalized spacial score (nSPS) is 31.5. The van der Waals surface area contributed by atoms with Crippen LogP contribution < -0.4 is 16.0 Å². The van der Waals surface area contributed by atoms with Crippen LogP contribution >= 0.6 is 23.8 Å². The first-order valence-corrected chi connectivity index (χ1v) is 23.0. The number of aliphatic carboxylic acids is 1. The summed E-state index contributed by atoms with van der Waals surface area (Å²) in [7, 11) is -5.05. The lowest BCUT2D eigenvalue weighted by molar-refractivity contribution is -0.200. The summed E-state index contributed by atoms with van der Waals surface area (Å²) in [5, 5.41) is 28.8. The first-order chi connectivity index (χ1) is 29.3. The van der Waals surface area contributed by atoms with E-state index in [2.05, 4.69) is 31.9 Å². The Balaban J connectivity index is 1.07. The molecule has 334 valence electrons. The number of hydrogen-bond acceptors (Lipinski definition) is 11. The summed E-state index contributed by atoms with van der Waals surface area (Å²) in [5.41, 5.74) is -0.664. The van der Waals surface area contributed by atoms with Crippen molar-refractivity contribution in [2.75, 3.05) is 23.8 Å². The number of amides is 3. The van der Waals surface area contributed by atoms with Crippen LogP contribution in [0.3, 0.4) is 0 Å². The number of alkyl halides is 1. The molecule has 1 saturated heterocycles. The predicted octanol–water partition coefficient (Wildman–Crippen LogP) is 3.06. The molecule has 2 aromatic rings. The lowest BCUT2D eigenvalue weighted by Crippen LogP contribution is -2.63. The number of hydrogen-bond donors (Lipinski definition) is 7. The van der Waals surface area contributed by atoms with E-state index >= 15 is 0 Å². The fourth-order valence-electron chi connectivity index (χ4n) is 10.9. The Morgan fingerprint density at radius 1 is 1.13 bits per heavy atom. The number of ketones is 2. The van der Waals surface area contributed by atoms with Gasteiger partial charge in [-0.25, -0.2) is 4.57 Å². The van der Waals surface area contributed by atoms with Gasteiger partial charge >= 0.3 is 13.8 Å². The summed E-state index contributed by atoms with van der Waals surface area (Å²) in [4.78, 5) is 94.4. The fourth-order valence-corrected chi connectivity index (χ4v) is 11.3. The van der Waals surface area contributed by atoms with E-state index in [9.17, 15) is 53.3 Å². The number of allylic oxidation sites excluding steroid dienone is 4. The van der Waals surface area contributed by atoms with E-state index in [0.29, 0.717) is 37.1 Å². The molecule has 62 heavy (non-hydrogen) atoms. The number of fused-ring (bicyclic) bond motifs is 7. The van der Waals surface area contributed by atoms with Gasteiger partial charge in [-0.15, -0.1) is 0 Å². The Hall–Kier alpha value is -4.33. The fraction of sp³-hybridized carbons (Fsp3) is 0.524. The van der Waals surface area contributed by atoms with Gasteiger partial charge in [-0.2, -0.15) is 0 Å². The van der Waals surface area contributed by atoms with Crippen LogP contribution in [0.5, 0.6) is 0 Å². The molecular weight excluding hydrogens is 895 g/mol. The number of Topliss-reactive ketones (excluding diaryl/α,β-unsaturated/α-hetero) is 1. The van der Waals surface area contributed by atoms with Crippen LogP contribution in [0.15, 0.2) is 66.5 Å². The second-order valence-electron chi connectivity index (χ2n) is 17.2. The molecule has 18 nitrogen and oxygen atoms in total. The van der Waals surface area contributed by atoms with E-state index in [0.717, 1.165) is 11.1 Å². The smallest absolute Gasteiger partial charge is 0.470 e. The van der Waals surface area contributed by atoms with Crippen molar-refractivity contribution in [2.45, 2.75) is 89.1 Å². The van der Waals surface area contributed by atoms with Crippen LogP contribution in [0.25, 0.3) is 0 Å². The molecule has 4 fully saturated rings. The number of rotatable bonds is 16. The van der Waals surface area contributed by atoms with Gasteiger partial charge in [-0.05, 0) is 79.9 Å². The minimum Gasteiger partial charge on any atom is -0.481 e. The third-order valence-electron chi connectivity index (χ3n) is 13.5. The number of phosphoric ester groups is 1. The highest BCUT2D eigenvalue weighted by atomic mass is 79.9. The predicted molar refractivity (Wildman–Crippen MR) is 222 cm³/mol. The zero-order valence-electron chi connectivity index (χ0n) is 34.0.